The molecular formula is C29H40N6O3. The number of carbonyl (C=O) groups is 3. The number of rotatable bonds is 8. The van der Waals surface area contributed by atoms with Crippen LogP contribution in [-0.2, 0) is 15.0 Å². The molecule has 9 nitrogen and oxygen atoms in total. The number of urea groups is 1. The van der Waals surface area contributed by atoms with E-state index in [1.807, 2.05) is 4.90 Å². The lowest BCUT2D eigenvalue weighted by atomic mass is 9.74. The molecule has 4 amide bonds. The number of fused-ring (bicyclic) bond motifs is 2. The zero-order valence-corrected chi connectivity index (χ0v) is 22.1. The van der Waals surface area contributed by atoms with Gasteiger partial charge in [-0.1, -0.05) is 68.5 Å². The lowest BCUT2D eigenvalue weighted by molar-refractivity contribution is -0.144. The fourth-order valence-corrected chi connectivity index (χ4v) is 6.81. The second-order valence-electron chi connectivity index (χ2n) is 11.3. The van der Waals surface area contributed by atoms with E-state index in [2.05, 4.69) is 46.7 Å². The summed E-state index contributed by atoms with van der Waals surface area (Å²) < 4.78 is 0. The molecule has 3 fully saturated rings. The van der Waals surface area contributed by atoms with Gasteiger partial charge in [0.2, 0.25) is 5.91 Å². The van der Waals surface area contributed by atoms with Crippen LogP contribution in [-0.4, -0.2) is 65.3 Å². The average Bonchev–Trinajstić information content (AvgIpc) is 3.42. The van der Waals surface area contributed by atoms with Gasteiger partial charge in [-0.3, -0.25) is 14.6 Å². The number of nitrogens with two attached hydrogens (primary N) is 2. The largest absolute Gasteiger partial charge is 0.370 e. The Labute approximate surface area is 224 Å². The normalized spacial score (nSPS) is 23.4. The third-order valence-electron chi connectivity index (χ3n) is 8.92. The Balaban J connectivity index is 1.29. The van der Waals surface area contributed by atoms with E-state index >= 15 is 0 Å². The number of nitrogens with one attached hydrogen (secondary N) is 1. The van der Waals surface area contributed by atoms with Crippen LogP contribution in [0.15, 0.2) is 35.3 Å². The van der Waals surface area contributed by atoms with Crippen LogP contribution in [0, 0.1) is 5.92 Å². The zero-order chi connectivity index (χ0) is 26.7. The maximum atomic E-state index is 14.0. The monoisotopic (exact) mass is 520 g/mol. The van der Waals surface area contributed by atoms with E-state index in [0.717, 1.165) is 38.5 Å². The Bertz CT molecular complexity index is 1110. The van der Waals surface area contributed by atoms with Crippen LogP contribution in [0.2, 0.25) is 0 Å². The van der Waals surface area contributed by atoms with Crippen molar-refractivity contribution in [3.63, 3.8) is 0 Å². The molecule has 204 valence electrons. The highest BCUT2D eigenvalue weighted by Crippen LogP contribution is 2.44. The zero-order valence-electron chi connectivity index (χ0n) is 22.1. The van der Waals surface area contributed by atoms with Gasteiger partial charge >= 0.3 is 6.03 Å². The summed E-state index contributed by atoms with van der Waals surface area (Å²) in [6.45, 7) is 1.62. The highest BCUT2D eigenvalue weighted by molar-refractivity contribution is 6.07. The Morgan fingerprint density at radius 1 is 1.11 bits per heavy atom. The minimum atomic E-state index is -0.756. The number of carbonyl (C=O) groups excluding carboxylic acids is 3. The number of hydrogen-bond donors (Lipinski definition) is 3. The van der Waals surface area contributed by atoms with E-state index in [9.17, 15) is 14.4 Å². The van der Waals surface area contributed by atoms with Gasteiger partial charge in [0.15, 0.2) is 5.96 Å². The van der Waals surface area contributed by atoms with E-state index in [0.29, 0.717) is 44.8 Å². The number of guanidine groups is 1. The van der Waals surface area contributed by atoms with Crippen LogP contribution >= 0.6 is 0 Å². The van der Waals surface area contributed by atoms with E-state index in [4.69, 9.17) is 11.5 Å². The van der Waals surface area contributed by atoms with Gasteiger partial charge in [-0.15, -0.1) is 0 Å². The summed E-state index contributed by atoms with van der Waals surface area (Å²) >= 11 is 0. The Kier molecular flexibility index (Phi) is 7.72. The first-order valence-electron chi connectivity index (χ1n) is 14.1. The van der Waals surface area contributed by atoms with E-state index in [1.165, 1.54) is 22.4 Å². The van der Waals surface area contributed by atoms with Crippen molar-refractivity contribution in [3.8, 4) is 0 Å². The van der Waals surface area contributed by atoms with Gasteiger partial charge in [-0.25, -0.2) is 9.69 Å². The number of likely N-dealkylation sites (tertiary alicyclic amines) is 1. The maximum Gasteiger partial charge on any atom is 0.325 e. The van der Waals surface area contributed by atoms with Crippen molar-refractivity contribution in [2.24, 2.45) is 22.4 Å². The third kappa shape index (κ3) is 5.28. The number of piperidine rings is 1. The highest BCUT2D eigenvalue weighted by atomic mass is 16.2. The first-order valence-corrected chi connectivity index (χ1v) is 14.1. The van der Waals surface area contributed by atoms with E-state index in [1.54, 1.807) is 0 Å². The van der Waals surface area contributed by atoms with Crippen LogP contribution in [0.25, 0.3) is 6.08 Å². The maximum absolute atomic E-state index is 14.0. The predicted molar refractivity (Wildman–Crippen MR) is 147 cm³/mol. The number of amides is 4. The summed E-state index contributed by atoms with van der Waals surface area (Å²) in [5, 5.41) is 2.81. The molecule has 2 heterocycles. The minimum absolute atomic E-state index is 0.00597. The quantitative estimate of drug-likeness (QED) is 0.210. The molecule has 1 saturated carbocycles. The number of hydrogen-bond acceptors (Lipinski definition) is 4. The first-order chi connectivity index (χ1) is 18.4. The van der Waals surface area contributed by atoms with Crippen LogP contribution in [0.5, 0.6) is 0 Å². The first kappa shape index (κ1) is 26.3. The SMILES string of the molecule is NC(N)=NCCC[C@@H]1NC(=O)N([C@H](CC2CCCCC2)C(=O)N2CCC3(C=Cc4ccccc43)CC2)C1=O. The molecular weight excluding hydrogens is 480 g/mol. The minimum Gasteiger partial charge on any atom is -0.370 e. The Morgan fingerprint density at radius 3 is 2.58 bits per heavy atom. The third-order valence-corrected chi connectivity index (χ3v) is 8.92. The van der Waals surface area contributed by atoms with Crippen molar-refractivity contribution in [3.05, 3.63) is 41.5 Å². The molecule has 4 aliphatic rings. The van der Waals surface area contributed by atoms with Crippen LogP contribution in [0.1, 0.15) is 75.3 Å². The van der Waals surface area contributed by atoms with Crippen molar-refractivity contribution >= 4 is 29.9 Å². The van der Waals surface area contributed by atoms with Crippen LogP contribution in [0.4, 0.5) is 4.79 Å². The molecule has 2 aliphatic heterocycles. The number of allylic oxidation sites excluding steroid dienone is 1. The summed E-state index contributed by atoms with van der Waals surface area (Å²) in [5.74, 6) is -0.0493. The number of nitrogens with zero attached hydrogens (tertiary/aromatic N) is 3. The molecule has 2 saturated heterocycles. The smallest absolute Gasteiger partial charge is 0.325 e. The molecule has 1 spiro atoms. The molecule has 0 bridgehead atoms. The van der Waals surface area contributed by atoms with E-state index < -0.39 is 18.1 Å². The molecule has 0 unspecified atom stereocenters. The molecule has 0 radical (unpaired) electrons. The number of aliphatic imine (C=N–C) groups is 1. The van der Waals surface area contributed by atoms with Crippen molar-refractivity contribution in [2.75, 3.05) is 19.6 Å². The second-order valence-corrected chi connectivity index (χ2v) is 11.3. The standard InChI is InChI=1S/C29H40N6O3/c30-27(31)32-16-6-11-23-25(36)35(28(38)33-23)24(19-20-7-2-1-3-8-20)26(37)34-17-14-29(15-18-34)13-12-21-9-4-5-10-22(21)29/h4-5,9-10,12-13,20,23-24H,1-3,6-8,11,14-19H2,(H,33,38)(H4,30,31,32)/t23-,24+/m0/s1. The lowest BCUT2D eigenvalue weighted by Crippen LogP contribution is -2.55. The lowest BCUT2D eigenvalue weighted by Gasteiger charge is -2.41. The van der Waals surface area contributed by atoms with Crippen molar-refractivity contribution in [1.82, 2.24) is 15.1 Å². The summed E-state index contributed by atoms with van der Waals surface area (Å²) in [6.07, 6.45) is 13.3. The number of imide groups is 1. The van der Waals surface area contributed by atoms with Gasteiger partial charge in [-0.05, 0) is 49.1 Å². The van der Waals surface area contributed by atoms with Crippen molar-refractivity contribution < 1.29 is 14.4 Å². The fraction of sp³-hybridized carbons (Fsp3) is 0.586. The Hall–Kier alpha value is -3.36. The van der Waals surface area contributed by atoms with Gasteiger partial charge in [0.05, 0.1) is 0 Å². The molecule has 38 heavy (non-hydrogen) atoms. The molecule has 5 N–H and O–H groups in total. The summed E-state index contributed by atoms with van der Waals surface area (Å²) in [5.41, 5.74) is 13.3. The van der Waals surface area contributed by atoms with Crippen LogP contribution in [0.3, 0.4) is 0 Å². The molecule has 2 atom stereocenters. The van der Waals surface area contributed by atoms with Gasteiger partial charge in [0.25, 0.3) is 5.91 Å². The summed E-state index contributed by atoms with van der Waals surface area (Å²) in [6, 6.07) is 6.61. The summed E-state index contributed by atoms with van der Waals surface area (Å²) in [7, 11) is 0. The summed E-state index contributed by atoms with van der Waals surface area (Å²) in [4.78, 5) is 47.6. The van der Waals surface area contributed by atoms with Gasteiger partial charge in [0, 0.05) is 25.0 Å². The average molecular weight is 521 g/mol. The molecule has 2 aliphatic carbocycles. The molecule has 0 aromatic heterocycles. The van der Waals surface area contributed by atoms with Crippen LogP contribution < -0.4 is 16.8 Å². The topological polar surface area (TPSA) is 134 Å². The number of benzene rings is 1. The Morgan fingerprint density at radius 2 is 1.84 bits per heavy atom. The van der Waals surface area contributed by atoms with E-state index in [-0.39, 0.29) is 23.2 Å². The highest BCUT2D eigenvalue weighted by Gasteiger charge is 2.47. The molecule has 1 aromatic carbocycles. The van der Waals surface area contributed by atoms with Gasteiger partial charge in [-0.2, -0.15) is 0 Å². The fourth-order valence-electron chi connectivity index (χ4n) is 6.81. The van der Waals surface area contributed by atoms with Gasteiger partial charge in [0.1, 0.15) is 12.1 Å². The van der Waals surface area contributed by atoms with Crippen molar-refractivity contribution in [1.29, 1.82) is 0 Å². The predicted octanol–water partition coefficient (Wildman–Crippen LogP) is 2.89. The molecule has 9 heteroatoms. The van der Waals surface area contributed by atoms with Crippen molar-refractivity contribution in [2.45, 2.75) is 81.7 Å². The molecule has 1 aromatic rings. The molecule has 5 rings (SSSR count). The second kappa shape index (κ2) is 11.2. The van der Waals surface area contributed by atoms with Gasteiger partial charge < -0.3 is 21.7 Å².